The van der Waals surface area contributed by atoms with Crippen LogP contribution in [0.15, 0.2) is 18.6 Å². The van der Waals surface area contributed by atoms with Crippen LogP contribution in [-0.2, 0) is 13.6 Å². The molecular formula is C19H27N7O. The molecule has 0 saturated carbocycles. The van der Waals surface area contributed by atoms with Crippen LogP contribution in [0.5, 0.6) is 0 Å². The van der Waals surface area contributed by atoms with Gasteiger partial charge in [-0.05, 0) is 38.8 Å². The van der Waals surface area contributed by atoms with Crippen molar-refractivity contribution in [3.05, 3.63) is 35.9 Å². The molecule has 0 unspecified atom stereocenters. The van der Waals surface area contributed by atoms with E-state index in [1.807, 2.05) is 4.90 Å². The zero-order chi connectivity index (χ0) is 18.6. The van der Waals surface area contributed by atoms with Gasteiger partial charge in [-0.15, -0.1) is 10.2 Å². The summed E-state index contributed by atoms with van der Waals surface area (Å²) in [5.41, 5.74) is 0.415. The molecule has 0 bridgehead atoms. The van der Waals surface area contributed by atoms with E-state index >= 15 is 0 Å². The zero-order valence-corrected chi connectivity index (χ0v) is 15.9. The minimum atomic E-state index is -0.0368. The molecule has 0 spiro atoms. The van der Waals surface area contributed by atoms with Crippen LogP contribution in [0.25, 0.3) is 0 Å². The van der Waals surface area contributed by atoms with Crippen molar-refractivity contribution in [3.63, 3.8) is 0 Å². The number of nitrogens with zero attached hydrogens (tertiary/aromatic N) is 7. The van der Waals surface area contributed by atoms with Crippen molar-refractivity contribution in [1.82, 2.24) is 34.5 Å². The lowest BCUT2D eigenvalue weighted by molar-refractivity contribution is 0.0704. The Morgan fingerprint density at radius 1 is 1.07 bits per heavy atom. The number of hydrogen-bond acceptors (Lipinski definition) is 6. The normalized spacial score (nSPS) is 19.4. The highest BCUT2D eigenvalue weighted by atomic mass is 16.2. The highest BCUT2D eigenvalue weighted by Crippen LogP contribution is 2.27. The van der Waals surface area contributed by atoms with Gasteiger partial charge < -0.3 is 9.47 Å². The number of amides is 1. The second-order valence-corrected chi connectivity index (χ2v) is 7.53. The van der Waals surface area contributed by atoms with E-state index in [-0.39, 0.29) is 5.91 Å². The Hall–Kier alpha value is -2.35. The van der Waals surface area contributed by atoms with E-state index in [1.165, 1.54) is 25.5 Å². The van der Waals surface area contributed by atoms with Crippen molar-refractivity contribution in [2.24, 2.45) is 7.05 Å². The lowest BCUT2D eigenvalue weighted by Gasteiger charge is -2.31. The first kappa shape index (κ1) is 18.0. The summed E-state index contributed by atoms with van der Waals surface area (Å²) in [6, 6.07) is 0. The van der Waals surface area contributed by atoms with E-state index < -0.39 is 0 Å². The fourth-order valence-electron chi connectivity index (χ4n) is 4.10. The summed E-state index contributed by atoms with van der Waals surface area (Å²) in [5, 5.41) is 8.95. The molecule has 8 heteroatoms. The summed E-state index contributed by atoms with van der Waals surface area (Å²) in [6.07, 6.45) is 10.4. The molecule has 2 aromatic rings. The van der Waals surface area contributed by atoms with Crippen LogP contribution >= 0.6 is 0 Å². The van der Waals surface area contributed by atoms with Gasteiger partial charge in [-0.25, -0.2) is 4.98 Å². The van der Waals surface area contributed by atoms with Gasteiger partial charge in [0.1, 0.15) is 17.3 Å². The molecule has 0 atom stereocenters. The van der Waals surface area contributed by atoms with Crippen molar-refractivity contribution >= 4 is 5.91 Å². The molecule has 0 N–H and O–H groups in total. The van der Waals surface area contributed by atoms with E-state index in [4.69, 9.17) is 0 Å². The van der Waals surface area contributed by atoms with Gasteiger partial charge >= 0.3 is 0 Å². The zero-order valence-electron chi connectivity index (χ0n) is 15.9. The van der Waals surface area contributed by atoms with E-state index in [2.05, 4.69) is 36.7 Å². The maximum Gasteiger partial charge on any atom is 0.274 e. The van der Waals surface area contributed by atoms with E-state index in [0.29, 0.717) is 24.7 Å². The first-order valence-corrected chi connectivity index (χ1v) is 9.88. The molecule has 4 rings (SSSR count). The van der Waals surface area contributed by atoms with E-state index in [0.717, 1.165) is 44.1 Å². The Morgan fingerprint density at radius 3 is 2.56 bits per heavy atom. The Balaban J connectivity index is 1.36. The van der Waals surface area contributed by atoms with Crippen molar-refractivity contribution < 1.29 is 4.79 Å². The lowest BCUT2D eigenvalue weighted by atomic mass is 9.95. The number of carbonyl (C=O) groups excluding carboxylic acids is 1. The molecule has 2 aliphatic heterocycles. The SMILES string of the molecule is Cn1c(CN2CCCCC2)nnc1C1CCN(C(=O)c2cnccn2)CC1. The summed E-state index contributed by atoms with van der Waals surface area (Å²) in [6.45, 7) is 4.63. The molecule has 0 aromatic carbocycles. The summed E-state index contributed by atoms with van der Waals surface area (Å²) >= 11 is 0. The average Bonchev–Trinajstić information content (AvgIpc) is 3.09. The largest absolute Gasteiger partial charge is 0.337 e. The fraction of sp³-hybridized carbons (Fsp3) is 0.632. The summed E-state index contributed by atoms with van der Waals surface area (Å²) in [7, 11) is 2.08. The van der Waals surface area contributed by atoms with Gasteiger partial charge in [0.05, 0.1) is 12.7 Å². The molecule has 2 aromatic heterocycles. The Morgan fingerprint density at radius 2 is 1.85 bits per heavy atom. The number of carbonyl (C=O) groups is 1. The van der Waals surface area contributed by atoms with Crippen molar-refractivity contribution in [2.75, 3.05) is 26.2 Å². The molecule has 27 heavy (non-hydrogen) atoms. The van der Waals surface area contributed by atoms with Gasteiger partial charge in [-0.3, -0.25) is 14.7 Å². The minimum Gasteiger partial charge on any atom is -0.337 e. The van der Waals surface area contributed by atoms with Crippen molar-refractivity contribution in [3.8, 4) is 0 Å². The quantitative estimate of drug-likeness (QED) is 0.815. The average molecular weight is 369 g/mol. The van der Waals surface area contributed by atoms with Crippen LogP contribution in [0.2, 0.25) is 0 Å². The third-order valence-corrected chi connectivity index (χ3v) is 5.74. The van der Waals surface area contributed by atoms with E-state index in [1.54, 1.807) is 12.4 Å². The van der Waals surface area contributed by atoms with Crippen LogP contribution in [-0.4, -0.2) is 66.6 Å². The number of hydrogen-bond donors (Lipinski definition) is 0. The number of aromatic nitrogens is 5. The molecule has 4 heterocycles. The summed E-state index contributed by atoms with van der Waals surface area (Å²) in [4.78, 5) is 25.0. The predicted molar refractivity (Wildman–Crippen MR) is 100 cm³/mol. The first-order chi connectivity index (χ1) is 13.2. The maximum atomic E-state index is 12.5. The molecule has 144 valence electrons. The molecule has 0 radical (unpaired) electrons. The second kappa shape index (κ2) is 8.12. The lowest BCUT2D eigenvalue weighted by Crippen LogP contribution is -2.38. The maximum absolute atomic E-state index is 12.5. The predicted octanol–water partition coefficient (Wildman–Crippen LogP) is 1.61. The van der Waals surface area contributed by atoms with Gasteiger partial charge in [0.2, 0.25) is 0 Å². The van der Waals surface area contributed by atoms with Crippen LogP contribution in [0.4, 0.5) is 0 Å². The number of likely N-dealkylation sites (tertiary alicyclic amines) is 2. The van der Waals surface area contributed by atoms with Crippen LogP contribution in [0, 0.1) is 0 Å². The minimum absolute atomic E-state index is 0.0368. The van der Waals surface area contributed by atoms with Crippen LogP contribution in [0.1, 0.15) is 60.2 Å². The van der Waals surface area contributed by atoms with Crippen LogP contribution in [0.3, 0.4) is 0 Å². The highest BCUT2D eigenvalue weighted by molar-refractivity contribution is 5.92. The molecule has 0 aliphatic carbocycles. The smallest absolute Gasteiger partial charge is 0.274 e. The Kier molecular flexibility index (Phi) is 5.42. The molecule has 2 fully saturated rings. The molecular weight excluding hydrogens is 342 g/mol. The summed E-state index contributed by atoms with van der Waals surface area (Å²) < 4.78 is 2.17. The first-order valence-electron chi connectivity index (χ1n) is 9.88. The third-order valence-electron chi connectivity index (χ3n) is 5.74. The van der Waals surface area contributed by atoms with Gasteiger partial charge in [0.25, 0.3) is 5.91 Å². The van der Waals surface area contributed by atoms with Crippen molar-refractivity contribution in [1.29, 1.82) is 0 Å². The standard InChI is InChI=1S/C19H27N7O/c1-24-17(14-25-9-3-2-4-10-25)22-23-18(24)15-5-11-26(12-6-15)19(27)16-13-20-7-8-21-16/h7-8,13,15H,2-6,9-12,14H2,1H3. The third kappa shape index (κ3) is 4.00. The Bertz CT molecular complexity index is 762. The Labute approximate surface area is 159 Å². The summed E-state index contributed by atoms with van der Waals surface area (Å²) in [5.74, 6) is 2.41. The highest BCUT2D eigenvalue weighted by Gasteiger charge is 2.28. The fourth-order valence-corrected chi connectivity index (χ4v) is 4.10. The topological polar surface area (TPSA) is 80.0 Å². The van der Waals surface area contributed by atoms with E-state index in [9.17, 15) is 4.79 Å². The van der Waals surface area contributed by atoms with Crippen molar-refractivity contribution in [2.45, 2.75) is 44.6 Å². The van der Waals surface area contributed by atoms with Crippen LogP contribution < -0.4 is 0 Å². The van der Waals surface area contributed by atoms with Gasteiger partial charge in [0, 0.05) is 38.4 Å². The van der Waals surface area contributed by atoms with Gasteiger partial charge in [-0.1, -0.05) is 6.42 Å². The second-order valence-electron chi connectivity index (χ2n) is 7.53. The van der Waals surface area contributed by atoms with Gasteiger partial charge in [-0.2, -0.15) is 0 Å². The molecule has 8 nitrogen and oxygen atoms in total. The number of piperidine rings is 2. The number of rotatable bonds is 4. The molecule has 2 saturated heterocycles. The molecule has 2 aliphatic rings. The monoisotopic (exact) mass is 369 g/mol. The van der Waals surface area contributed by atoms with Gasteiger partial charge in [0.15, 0.2) is 0 Å². The molecule has 1 amide bonds.